The van der Waals surface area contributed by atoms with Gasteiger partial charge in [-0.2, -0.15) is 0 Å². The lowest BCUT2D eigenvalue weighted by molar-refractivity contribution is 0.531. The van der Waals surface area contributed by atoms with Crippen LogP contribution in [0.2, 0.25) is 0 Å². The summed E-state index contributed by atoms with van der Waals surface area (Å²) >= 11 is 3.24. The number of hydrogen-bond donors (Lipinski definition) is 0. The Morgan fingerprint density at radius 3 is 2.62 bits per heavy atom. The van der Waals surface area contributed by atoms with Gasteiger partial charge in [0.2, 0.25) is 0 Å². The average molecular weight is 187 g/mol. The molecule has 0 aromatic carbocycles. The van der Waals surface area contributed by atoms with Crippen molar-refractivity contribution in [2.24, 2.45) is 0 Å². The number of furan rings is 1. The van der Waals surface area contributed by atoms with Crippen molar-refractivity contribution in [1.29, 1.82) is 0 Å². The fourth-order valence-electron chi connectivity index (χ4n) is 0.389. The molecule has 0 bridgehead atoms. The second kappa shape index (κ2) is 4.41. The van der Waals surface area contributed by atoms with Gasteiger partial charge in [0.05, 0.1) is 11.6 Å². The Balaban J connectivity index is 0.000000490. The molecule has 8 heavy (non-hydrogen) atoms. The van der Waals surface area contributed by atoms with E-state index in [1.807, 2.05) is 12.1 Å². The lowest BCUT2D eigenvalue weighted by atomic mass is 10.5. The summed E-state index contributed by atoms with van der Waals surface area (Å²) in [6.07, 6.45) is 1.66. The van der Waals surface area contributed by atoms with Crippen molar-refractivity contribution in [2.75, 3.05) is 0 Å². The second-order valence-corrected chi connectivity index (χ2v) is 1.77. The first-order chi connectivity index (χ1) is 3.43. The molecule has 0 unspecified atom stereocenters. The van der Waals surface area contributed by atoms with Gasteiger partial charge < -0.3 is 4.42 Å². The zero-order valence-corrected chi connectivity index (χ0v) is 5.31. The summed E-state index contributed by atoms with van der Waals surface area (Å²) in [4.78, 5) is 0. The molecule has 1 heterocycles. The molecular formula is C5H7BrMgO. The molecule has 0 saturated carbocycles. The molecular weight excluding hydrogens is 180 g/mol. The summed E-state index contributed by atoms with van der Waals surface area (Å²) in [6.45, 7) is 0. The molecule has 1 nitrogen and oxygen atoms in total. The van der Waals surface area contributed by atoms with Gasteiger partial charge in [-0.05, 0) is 12.1 Å². The van der Waals surface area contributed by atoms with Gasteiger partial charge in [-0.15, -0.1) is 0 Å². The summed E-state index contributed by atoms with van der Waals surface area (Å²) in [7, 11) is 0. The third-order valence-corrected chi connectivity index (χ3v) is 1.26. The fraction of sp³-hybridized carbons (Fsp3) is 0.200. The second-order valence-electron chi connectivity index (χ2n) is 1.21. The van der Waals surface area contributed by atoms with E-state index < -0.39 is 0 Å². The van der Waals surface area contributed by atoms with Gasteiger partial charge in [0.25, 0.3) is 0 Å². The highest BCUT2D eigenvalue weighted by atomic mass is 79.9. The van der Waals surface area contributed by atoms with E-state index in [0.717, 1.165) is 11.1 Å². The lowest BCUT2D eigenvalue weighted by Gasteiger charge is -1.77. The van der Waals surface area contributed by atoms with Crippen molar-refractivity contribution in [1.82, 2.24) is 0 Å². The molecule has 42 valence electrons. The predicted octanol–water partition coefficient (Wildman–Crippen LogP) is 1.26. The van der Waals surface area contributed by atoms with Crippen molar-refractivity contribution in [3.8, 4) is 0 Å². The standard InChI is InChI=1S/C5H5BrO.Mg.2H/c6-4-5-2-1-3-7-5;;;/h1-3H,4H2;;;. The van der Waals surface area contributed by atoms with Gasteiger partial charge in [0, 0.05) is 0 Å². The van der Waals surface area contributed by atoms with E-state index in [9.17, 15) is 0 Å². The first kappa shape index (κ1) is 8.53. The zero-order valence-electron chi connectivity index (χ0n) is 3.73. The molecule has 1 rings (SSSR count). The van der Waals surface area contributed by atoms with E-state index in [1.54, 1.807) is 6.26 Å². The first-order valence-corrected chi connectivity index (χ1v) is 3.14. The molecule has 0 fully saturated rings. The van der Waals surface area contributed by atoms with Crippen LogP contribution < -0.4 is 0 Å². The molecule has 0 atom stereocenters. The Labute approximate surface area is 72.7 Å². The Kier molecular flexibility index (Phi) is 4.70. The molecule has 1 aromatic heterocycles. The van der Waals surface area contributed by atoms with Crippen LogP contribution in [0.25, 0.3) is 0 Å². The van der Waals surface area contributed by atoms with Crippen molar-refractivity contribution < 1.29 is 4.42 Å². The lowest BCUT2D eigenvalue weighted by Crippen LogP contribution is -1.61. The van der Waals surface area contributed by atoms with E-state index in [-0.39, 0.29) is 23.1 Å². The topological polar surface area (TPSA) is 13.1 Å². The van der Waals surface area contributed by atoms with Gasteiger partial charge in [0.15, 0.2) is 0 Å². The first-order valence-electron chi connectivity index (χ1n) is 2.02. The van der Waals surface area contributed by atoms with Crippen molar-refractivity contribution >= 4 is 39.0 Å². The Hall–Kier alpha value is 0.526. The Morgan fingerprint density at radius 2 is 2.38 bits per heavy atom. The summed E-state index contributed by atoms with van der Waals surface area (Å²) in [5.74, 6) is 0.972. The highest BCUT2D eigenvalue weighted by Crippen LogP contribution is 2.03. The SMILES string of the molecule is BrCc1ccco1.[MgH2]. The molecule has 0 amide bonds. The Morgan fingerprint density at radius 1 is 1.62 bits per heavy atom. The van der Waals surface area contributed by atoms with Gasteiger partial charge >= 0.3 is 23.1 Å². The minimum atomic E-state index is 0. The van der Waals surface area contributed by atoms with E-state index >= 15 is 0 Å². The maximum atomic E-state index is 4.94. The van der Waals surface area contributed by atoms with Gasteiger partial charge in [0.1, 0.15) is 5.76 Å². The third kappa shape index (κ3) is 2.20. The molecule has 1 aromatic rings. The largest absolute Gasteiger partial charge is 0.468 e. The predicted molar refractivity (Wildman–Crippen MR) is 39.9 cm³/mol. The summed E-state index contributed by atoms with van der Waals surface area (Å²) in [6, 6.07) is 3.80. The highest BCUT2D eigenvalue weighted by Gasteiger charge is 1.85. The third-order valence-electron chi connectivity index (χ3n) is 0.712. The quantitative estimate of drug-likeness (QED) is 0.476. The molecule has 3 heteroatoms. The van der Waals surface area contributed by atoms with Crippen molar-refractivity contribution in [2.45, 2.75) is 5.33 Å². The molecule has 0 aliphatic carbocycles. The van der Waals surface area contributed by atoms with E-state index in [0.29, 0.717) is 0 Å². The molecule has 0 radical (unpaired) electrons. The van der Waals surface area contributed by atoms with Crippen LogP contribution >= 0.6 is 15.9 Å². The van der Waals surface area contributed by atoms with Crippen LogP contribution in [0.5, 0.6) is 0 Å². The number of hydrogen-bond acceptors (Lipinski definition) is 1. The number of alkyl halides is 1. The fourth-order valence-corrected chi connectivity index (χ4v) is 0.708. The van der Waals surface area contributed by atoms with Gasteiger partial charge in [-0.3, -0.25) is 0 Å². The molecule has 0 N–H and O–H groups in total. The molecule has 0 aliphatic rings. The minimum absolute atomic E-state index is 0. The maximum absolute atomic E-state index is 4.94. The van der Waals surface area contributed by atoms with Crippen LogP contribution in [0.1, 0.15) is 5.76 Å². The summed E-state index contributed by atoms with van der Waals surface area (Å²) in [5, 5.41) is 0.806. The van der Waals surface area contributed by atoms with Crippen LogP contribution in [0, 0.1) is 0 Å². The normalized spacial score (nSPS) is 8.12. The molecule has 0 spiro atoms. The molecule has 0 aliphatic heterocycles. The van der Waals surface area contributed by atoms with Crippen LogP contribution in [0.4, 0.5) is 0 Å². The summed E-state index contributed by atoms with van der Waals surface area (Å²) < 4.78 is 4.94. The van der Waals surface area contributed by atoms with Crippen LogP contribution in [-0.4, -0.2) is 23.1 Å². The van der Waals surface area contributed by atoms with E-state index in [4.69, 9.17) is 4.42 Å². The maximum Gasteiger partial charge on any atom is 0.316 e. The van der Waals surface area contributed by atoms with Gasteiger partial charge in [-0.1, -0.05) is 15.9 Å². The van der Waals surface area contributed by atoms with Crippen molar-refractivity contribution in [3.05, 3.63) is 24.2 Å². The highest BCUT2D eigenvalue weighted by molar-refractivity contribution is 9.08. The smallest absolute Gasteiger partial charge is 0.316 e. The average Bonchev–Trinajstić information content (AvgIpc) is 2.14. The minimum Gasteiger partial charge on any atom is -0.468 e. The zero-order chi connectivity index (χ0) is 5.11. The summed E-state index contributed by atoms with van der Waals surface area (Å²) in [5.41, 5.74) is 0. The van der Waals surface area contributed by atoms with E-state index in [2.05, 4.69) is 15.9 Å². The van der Waals surface area contributed by atoms with Crippen LogP contribution in [-0.2, 0) is 5.33 Å². The molecule has 0 saturated heterocycles. The number of halogens is 1. The van der Waals surface area contributed by atoms with E-state index in [1.165, 1.54) is 0 Å². The monoisotopic (exact) mass is 186 g/mol. The number of rotatable bonds is 1. The Bertz CT molecular complexity index is 127. The van der Waals surface area contributed by atoms with Crippen LogP contribution in [0.3, 0.4) is 0 Å². The van der Waals surface area contributed by atoms with Crippen LogP contribution in [0.15, 0.2) is 22.8 Å². The van der Waals surface area contributed by atoms with Crippen molar-refractivity contribution in [3.63, 3.8) is 0 Å². The van der Waals surface area contributed by atoms with Gasteiger partial charge in [-0.25, -0.2) is 0 Å².